The number of unbranched alkanes of at least 4 members (excludes halogenated alkanes) is 6. The van der Waals surface area contributed by atoms with Gasteiger partial charge in [0, 0.05) is 19.1 Å². The molecule has 0 radical (unpaired) electrons. The summed E-state index contributed by atoms with van der Waals surface area (Å²) in [4.78, 5) is 24.4. The molecule has 0 aliphatic rings. The van der Waals surface area contributed by atoms with Crippen molar-refractivity contribution in [2.24, 2.45) is 11.8 Å². The number of ether oxygens (including phenoxy) is 2. The minimum absolute atomic E-state index is 0.0278. The molecule has 0 aliphatic carbocycles. The molecule has 0 fully saturated rings. The topological polar surface area (TPSA) is 117 Å². The number of benzene rings is 6. The van der Waals surface area contributed by atoms with Gasteiger partial charge in [0.05, 0.1) is 24.3 Å². The van der Waals surface area contributed by atoms with Crippen molar-refractivity contribution in [1.29, 1.82) is 0 Å². The molecule has 0 aliphatic heterocycles. The summed E-state index contributed by atoms with van der Waals surface area (Å²) in [5, 5.41) is 26.2. The number of hydrogen-bond acceptors (Lipinski definition) is 8. The predicted molar refractivity (Wildman–Crippen MR) is 275 cm³/mol. The van der Waals surface area contributed by atoms with Crippen LogP contribution in [-0.4, -0.2) is 61.7 Å². The summed E-state index contributed by atoms with van der Waals surface area (Å²) in [5.41, 5.74) is 6.42. The van der Waals surface area contributed by atoms with Crippen LogP contribution in [0.5, 0.6) is 0 Å². The molecule has 0 unspecified atom stereocenters. The second-order valence-corrected chi connectivity index (χ2v) is 17.2. The average molecular weight is 919 g/mol. The van der Waals surface area contributed by atoms with E-state index in [4.69, 9.17) is 9.47 Å². The van der Waals surface area contributed by atoms with E-state index in [1.54, 1.807) is 13.8 Å². The molecule has 68 heavy (non-hydrogen) atoms. The van der Waals surface area contributed by atoms with Gasteiger partial charge in [-0.1, -0.05) is 221 Å². The first kappa shape index (κ1) is 53.1. The quantitative estimate of drug-likeness (QED) is 0.0166. The van der Waals surface area contributed by atoms with Gasteiger partial charge in [-0.25, -0.2) is 0 Å². The van der Waals surface area contributed by atoms with Gasteiger partial charge in [-0.05, 0) is 86.0 Å². The predicted octanol–water partition coefficient (Wildman–Crippen LogP) is 11.4. The van der Waals surface area contributed by atoms with Gasteiger partial charge in [0.1, 0.15) is 0 Å². The van der Waals surface area contributed by atoms with Gasteiger partial charge >= 0.3 is 11.9 Å². The van der Waals surface area contributed by atoms with E-state index in [1.165, 1.54) is 33.4 Å². The van der Waals surface area contributed by atoms with Crippen LogP contribution in [0, 0.1) is 11.8 Å². The lowest BCUT2D eigenvalue weighted by atomic mass is 9.77. The average Bonchev–Trinajstić information content (AvgIpc) is 3.40. The van der Waals surface area contributed by atoms with Gasteiger partial charge in [0.25, 0.3) is 0 Å². The van der Waals surface area contributed by atoms with Gasteiger partial charge in [0.15, 0.2) is 5.92 Å². The second-order valence-electron chi connectivity index (χ2n) is 17.2. The fraction of sp³-hybridized carbons (Fsp3) is 0.367. The zero-order chi connectivity index (χ0) is 48.1. The van der Waals surface area contributed by atoms with Gasteiger partial charge in [0.2, 0.25) is 0 Å². The third-order valence-corrected chi connectivity index (χ3v) is 12.6. The number of rotatable bonds is 28. The third-order valence-electron chi connectivity index (χ3n) is 12.6. The number of nitrogens with one attached hydrogen (secondary N) is 2. The molecule has 0 saturated carbocycles. The fourth-order valence-corrected chi connectivity index (χ4v) is 9.09. The normalized spacial score (nSPS) is 11.5. The van der Waals surface area contributed by atoms with Gasteiger partial charge in [-0.15, -0.1) is 0 Å². The SMILES string of the molecule is CCOC(=O)C(CCCCCCNC(c1ccccc1)(c1ccccc1)c1ccccc1)C(=O)OCC.OCC(CO)CCCCCCNC(c1ccccc1)(c1ccccc1)c1ccccc1. The Morgan fingerprint density at radius 1 is 0.412 bits per heavy atom. The minimum Gasteiger partial charge on any atom is -0.465 e. The smallest absolute Gasteiger partial charge is 0.320 e. The van der Waals surface area contributed by atoms with E-state index >= 15 is 0 Å². The molecule has 4 N–H and O–H groups in total. The van der Waals surface area contributed by atoms with Crippen LogP contribution in [0.3, 0.4) is 0 Å². The Kier molecular flexibility index (Phi) is 23.2. The van der Waals surface area contributed by atoms with Gasteiger partial charge in [-0.2, -0.15) is 0 Å². The van der Waals surface area contributed by atoms with Gasteiger partial charge < -0.3 is 19.7 Å². The molecule has 8 nitrogen and oxygen atoms in total. The minimum atomic E-state index is -0.833. The number of aliphatic hydroxyl groups is 2. The van der Waals surface area contributed by atoms with Crippen molar-refractivity contribution in [1.82, 2.24) is 10.6 Å². The molecule has 0 bridgehead atoms. The van der Waals surface area contributed by atoms with Crippen molar-refractivity contribution in [3.05, 3.63) is 215 Å². The number of aliphatic hydroxyl groups excluding tert-OH is 2. The highest BCUT2D eigenvalue weighted by Gasteiger charge is 2.37. The Bertz CT molecular complexity index is 2030. The van der Waals surface area contributed by atoms with Gasteiger partial charge in [-0.3, -0.25) is 20.2 Å². The van der Waals surface area contributed by atoms with Crippen LogP contribution in [0.15, 0.2) is 182 Å². The van der Waals surface area contributed by atoms with Crippen molar-refractivity contribution in [2.45, 2.75) is 89.1 Å². The van der Waals surface area contributed by atoms with E-state index in [1.807, 2.05) is 18.2 Å². The second kappa shape index (κ2) is 29.8. The maximum Gasteiger partial charge on any atom is 0.320 e. The number of esters is 2. The molecular formula is C60H74N2O6. The van der Waals surface area contributed by atoms with E-state index in [2.05, 4.69) is 174 Å². The van der Waals surface area contributed by atoms with E-state index in [0.29, 0.717) is 6.42 Å². The Balaban J connectivity index is 0.000000258. The van der Waals surface area contributed by atoms with Crippen LogP contribution < -0.4 is 10.6 Å². The third kappa shape index (κ3) is 15.1. The van der Waals surface area contributed by atoms with E-state index in [9.17, 15) is 19.8 Å². The summed E-state index contributed by atoms with van der Waals surface area (Å²) >= 11 is 0. The molecule has 8 heteroatoms. The highest BCUT2D eigenvalue weighted by atomic mass is 16.6. The highest BCUT2D eigenvalue weighted by Crippen LogP contribution is 2.38. The van der Waals surface area contributed by atoms with Crippen molar-refractivity contribution in [3.8, 4) is 0 Å². The maximum absolute atomic E-state index is 12.2. The van der Waals surface area contributed by atoms with Crippen LogP contribution in [-0.2, 0) is 30.1 Å². The lowest BCUT2D eigenvalue weighted by Gasteiger charge is -2.37. The Morgan fingerprint density at radius 3 is 0.941 bits per heavy atom. The molecule has 6 rings (SSSR count). The first-order valence-corrected chi connectivity index (χ1v) is 24.8. The van der Waals surface area contributed by atoms with Crippen molar-refractivity contribution in [3.63, 3.8) is 0 Å². The molecule has 0 spiro atoms. The highest BCUT2D eigenvalue weighted by molar-refractivity contribution is 5.94. The number of carbonyl (C=O) groups excluding carboxylic acids is 2. The van der Waals surface area contributed by atoms with Crippen molar-refractivity contribution < 1.29 is 29.3 Å². The Labute approximate surface area is 406 Å². The molecule has 0 amide bonds. The van der Waals surface area contributed by atoms with Crippen LogP contribution in [0.2, 0.25) is 0 Å². The van der Waals surface area contributed by atoms with Crippen LogP contribution >= 0.6 is 0 Å². The van der Waals surface area contributed by atoms with Crippen LogP contribution in [0.4, 0.5) is 0 Å². The standard InChI is InChI=1S/C32H39NO4.C28H35NO2/c1-3-36-30(34)29(31(35)37-4-2)24-16-5-6-17-25-33-32(26-18-10-7-11-19-26,27-20-12-8-13-21-27)28-22-14-9-15-23-28;30-22-24(23-31)14-6-1-2-13-21-29-28(25-15-7-3-8-16-25,26-17-9-4-10-18-26)27-19-11-5-12-20-27/h7-15,18-23,29,33H,3-6,16-17,24-25H2,1-2H3;3-5,7-12,15-20,24,29-31H,1-2,6,13-14,21-23H2. The molecule has 0 saturated heterocycles. The summed E-state index contributed by atoms with van der Waals surface area (Å²) in [7, 11) is 0. The lowest BCUT2D eigenvalue weighted by Crippen LogP contribution is -2.45. The number of carbonyl (C=O) groups is 2. The Morgan fingerprint density at radius 2 is 0.676 bits per heavy atom. The first-order valence-electron chi connectivity index (χ1n) is 24.8. The molecule has 6 aromatic rings. The zero-order valence-corrected chi connectivity index (χ0v) is 40.3. The van der Waals surface area contributed by atoms with Crippen molar-refractivity contribution in [2.75, 3.05) is 39.5 Å². The first-order chi connectivity index (χ1) is 33.4. The van der Waals surface area contributed by atoms with Crippen LogP contribution in [0.25, 0.3) is 0 Å². The molecule has 0 heterocycles. The summed E-state index contributed by atoms with van der Waals surface area (Å²) in [6.07, 6.45) is 9.37. The summed E-state index contributed by atoms with van der Waals surface area (Å²) in [6, 6.07) is 63.8. The van der Waals surface area contributed by atoms with Crippen molar-refractivity contribution >= 4 is 11.9 Å². The summed E-state index contributed by atoms with van der Waals surface area (Å²) in [5.74, 6) is -1.78. The van der Waals surface area contributed by atoms with E-state index in [0.717, 1.165) is 70.9 Å². The fourth-order valence-electron chi connectivity index (χ4n) is 9.09. The maximum atomic E-state index is 12.2. The zero-order valence-electron chi connectivity index (χ0n) is 40.3. The molecule has 0 aromatic heterocycles. The lowest BCUT2D eigenvalue weighted by molar-refractivity contribution is -0.162. The molecule has 6 aromatic carbocycles. The molecule has 360 valence electrons. The monoisotopic (exact) mass is 919 g/mol. The molecule has 0 atom stereocenters. The summed E-state index contributed by atoms with van der Waals surface area (Å²) < 4.78 is 10.2. The number of hydrogen-bond donors (Lipinski definition) is 4. The Hall–Kier alpha value is -5.90. The summed E-state index contributed by atoms with van der Waals surface area (Å²) in [6.45, 7) is 5.87. The van der Waals surface area contributed by atoms with E-state index in [-0.39, 0.29) is 32.3 Å². The van der Waals surface area contributed by atoms with Crippen LogP contribution in [0.1, 0.15) is 111 Å². The molecular weight excluding hydrogens is 845 g/mol. The largest absolute Gasteiger partial charge is 0.465 e. The van der Waals surface area contributed by atoms with E-state index < -0.39 is 28.9 Å².